The molecule has 4 amide bonds. The van der Waals surface area contributed by atoms with Crippen LogP contribution in [0.4, 0.5) is 8.78 Å². The molecule has 2 aromatic carbocycles. The number of halogens is 2. The Morgan fingerprint density at radius 3 is 1.20 bits per heavy atom. The minimum Gasteiger partial charge on any atom is -0.451 e. The van der Waals surface area contributed by atoms with E-state index < -0.39 is 113 Å². The molecule has 5 fully saturated rings. The SMILES string of the molecule is C[C@H]1OC(=O)C2(CC2)N(C)C(=O)[C@@H](Cc2ccc(C3CCOCC3)cc2)OC(=O)[C@H](CC(C)(C)F)N(C)C(=O)[C@@H](C)OC(=O)C2(CC2)N(C)C(=O)[C@@H](Cc2ccc(C3CCOCC3)cc2)OC(=O)[C@H](CCC(C)(C)F)N(C)C1=O. The molecule has 3 saturated heterocycles. The van der Waals surface area contributed by atoms with Crippen LogP contribution in [-0.2, 0) is 79.6 Å². The lowest BCUT2D eigenvalue weighted by Gasteiger charge is -2.35. The first kappa shape index (κ1) is 60.6. The van der Waals surface area contributed by atoms with Crippen LogP contribution >= 0.6 is 0 Å². The van der Waals surface area contributed by atoms with Crippen LogP contribution in [0.5, 0.6) is 0 Å². The van der Waals surface area contributed by atoms with Gasteiger partial charge in [0.25, 0.3) is 23.6 Å². The lowest BCUT2D eigenvalue weighted by Crippen LogP contribution is -2.56. The Labute approximate surface area is 462 Å². The van der Waals surface area contributed by atoms with Crippen molar-refractivity contribution >= 4 is 47.5 Å². The van der Waals surface area contributed by atoms with Crippen molar-refractivity contribution in [2.45, 2.75) is 196 Å². The van der Waals surface area contributed by atoms with Crippen molar-refractivity contribution in [1.82, 2.24) is 19.6 Å². The van der Waals surface area contributed by atoms with Gasteiger partial charge in [0.15, 0.2) is 24.4 Å². The van der Waals surface area contributed by atoms with Crippen LogP contribution < -0.4 is 0 Å². The minimum atomic E-state index is -2.08. The van der Waals surface area contributed by atoms with E-state index in [0.717, 1.165) is 56.4 Å². The molecule has 3 heterocycles. The summed E-state index contributed by atoms with van der Waals surface area (Å²) in [6.07, 6.45) is -4.19. The van der Waals surface area contributed by atoms with Gasteiger partial charge in [-0.2, -0.15) is 0 Å². The van der Waals surface area contributed by atoms with E-state index in [0.29, 0.717) is 37.6 Å². The second kappa shape index (κ2) is 24.8. The second-order valence-corrected chi connectivity index (χ2v) is 23.6. The fourth-order valence-corrected chi connectivity index (χ4v) is 10.9. The van der Waals surface area contributed by atoms with Crippen LogP contribution in [0.3, 0.4) is 0 Å². The van der Waals surface area contributed by atoms with Crippen LogP contribution in [0, 0.1) is 0 Å². The topological polar surface area (TPSA) is 205 Å². The van der Waals surface area contributed by atoms with Crippen LogP contribution in [0.2, 0.25) is 0 Å². The van der Waals surface area contributed by atoms with E-state index in [4.69, 9.17) is 28.4 Å². The van der Waals surface area contributed by atoms with Gasteiger partial charge in [-0.1, -0.05) is 48.5 Å². The van der Waals surface area contributed by atoms with Crippen molar-refractivity contribution in [3.63, 3.8) is 0 Å². The van der Waals surface area contributed by atoms with E-state index in [9.17, 15) is 38.4 Å². The summed E-state index contributed by atoms with van der Waals surface area (Å²) in [4.78, 5) is 120. The molecule has 0 radical (unpaired) electrons. The van der Waals surface area contributed by atoms with E-state index in [1.165, 1.54) is 69.7 Å². The van der Waals surface area contributed by atoms with Gasteiger partial charge in [-0.05, 0) is 140 Å². The maximum absolute atomic E-state index is 15.8. The van der Waals surface area contributed by atoms with Crippen LogP contribution in [0.15, 0.2) is 48.5 Å². The molecule has 20 heteroatoms. The largest absolute Gasteiger partial charge is 0.451 e. The number of carbonyl (C=O) groups is 8. The van der Waals surface area contributed by atoms with Crippen LogP contribution in [0.1, 0.15) is 146 Å². The monoisotopic (exact) mass is 1110 g/mol. The first-order chi connectivity index (χ1) is 37.1. The Hall–Kier alpha value is -6.02. The molecule has 18 nitrogen and oxygen atoms in total. The summed E-state index contributed by atoms with van der Waals surface area (Å²) in [5.41, 5.74) is -3.86. The average Bonchev–Trinajstić information content (AvgIpc) is 4.53. The highest BCUT2D eigenvalue weighted by Crippen LogP contribution is 2.45. The molecule has 0 bridgehead atoms. The Morgan fingerprint density at radius 1 is 0.506 bits per heavy atom. The lowest BCUT2D eigenvalue weighted by molar-refractivity contribution is -0.177. The highest BCUT2D eigenvalue weighted by molar-refractivity contribution is 5.97. The summed E-state index contributed by atoms with van der Waals surface area (Å²) < 4.78 is 65.9. The van der Waals surface area contributed by atoms with Gasteiger partial charge in [0.2, 0.25) is 0 Å². The first-order valence-electron chi connectivity index (χ1n) is 27.8. The number of ether oxygens (including phenoxy) is 6. The van der Waals surface area contributed by atoms with Gasteiger partial charge in [0.1, 0.15) is 34.5 Å². The van der Waals surface area contributed by atoms with E-state index in [1.807, 2.05) is 36.4 Å². The number of esters is 4. The number of benzene rings is 2. The number of alkyl halides is 2. The van der Waals surface area contributed by atoms with E-state index in [2.05, 4.69) is 0 Å². The fraction of sp³-hybridized carbons (Fsp3) is 0.661. The lowest BCUT2D eigenvalue weighted by atomic mass is 9.90. The normalized spacial score (nSPS) is 26.9. The third-order valence-corrected chi connectivity index (χ3v) is 16.5. The molecular weight excluding hydrogens is 1030 g/mol. The smallest absolute Gasteiger partial charge is 0.332 e. The summed E-state index contributed by atoms with van der Waals surface area (Å²) >= 11 is 0. The van der Waals surface area contributed by atoms with Crippen molar-refractivity contribution in [2.24, 2.45) is 0 Å². The standard InChI is InChI=1S/C59H80F2N4O14/c1-36-48(66)62(7)44(19-24-56(3,4)60)52(70)78-46(33-38-11-15-40(16-12-38)42-20-29-74-30-21-42)50(68)64(9)59(27-28-59)55(73)77-37(2)49(67)63(8)45(35-57(5,6)61)53(71)79-47(51(69)65(10)58(25-26-58)54(72)76-36)34-39-13-17-41(18-14-39)43-22-31-75-32-23-43/h11-18,36-37,42-47H,19-35H2,1-10H3/t36-,37-,44+,45+,46-,47-/m1/s1. The molecule has 3 aliphatic heterocycles. The molecular formula is C59H80F2N4O14. The molecule has 0 N–H and O–H groups in total. The Balaban J connectivity index is 1.24. The maximum Gasteiger partial charge on any atom is 0.332 e. The summed E-state index contributed by atoms with van der Waals surface area (Å²) in [6.45, 7) is 10.1. The molecule has 434 valence electrons. The molecule has 7 rings (SSSR count). The zero-order chi connectivity index (χ0) is 57.8. The highest BCUT2D eigenvalue weighted by Gasteiger charge is 2.60. The van der Waals surface area contributed by atoms with Gasteiger partial charge >= 0.3 is 23.9 Å². The fourth-order valence-electron chi connectivity index (χ4n) is 10.9. The van der Waals surface area contributed by atoms with E-state index in [-0.39, 0.29) is 63.2 Å². The van der Waals surface area contributed by atoms with Crippen molar-refractivity contribution < 1.29 is 75.6 Å². The number of cyclic esters (lactones) is 4. The third-order valence-electron chi connectivity index (χ3n) is 16.5. The molecule has 5 aliphatic rings. The first-order valence-corrected chi connectivity index (χ1v) is 27.8. The van der Waals surface area contributed by atoms with Crippen molar-refractivity contribution in [3.05, 3.63) is 70.8 Å². The zero-order valence-electron chi connectivity index (χ0n) is 47.5. The Bertz CT molecular complexity index is 2540. The summed E-state index contributed by atoms with van der Waals surface area (Å²) in [7, 11) is 5.19. The minimum absolute atomic E-state index is 0.0990. The van der Waals surface area contributed by atoms with E-state index in [1.54, 1.807) is 12.1 Å². The number of hydrogen-bond acceptors (Lipinski definition) is 14. The number of nitrogens with zero attached hydrogens (tertiary/aromatic N) is 4. The number of carbonyl (C=O) groups excluding carboxylic acids is 8. The molecule has 2 aliphatic carbocycles. The molecule has 79 heavy (non-hydrogen) atoms. The summed E-state index contributed by atoms with van der Waals surface area (Å²) in [5.74, 6) is -7.07. The Kier molecular flexibility index (Phi) is 19.0. The van der Waals surface area contributed by atoms with Crippen molar-refractivity contribution in [2.75, 3.05) is 54.6 Å². The quantitative estimate of drug-likeness (QED) is 0.180. The van der Waals surface area contributed by atoms with Gasteiger partial charge in [-0.25, -0.2) is 28.0 Å². The predicted octanol–water partition coefficient (Wildman–Crippen LogP) is 6.26. The van der Waals surface area contributed by atoms with Crippen LogP contribution in [-0.4, -0.2) is 181 Å². The highest BCUT2D eigenvalue weighted by atomic mass is 19.1. The number of likely N-dealkylation sites (N-methyl/N-ethyl adjacent to an activating group) is 4. The number of rotatable bonds is 11. The van der Waals surface area contributed by atoms with Gasteiger partial charge < -0.3 is 48.0 Å². The molecule has 2 spiro atoms. The van der Waals surface area contributed by atoms with E-state index >= 15 is 8.78 Å². The molecule has 6 atom stereocenters. The molecule has 0 aromatic heterocycles. The van der Waals surface area contributed by atoms with Gasteiger partial charge in [-0.3, -0.25) is 19.2 Å². The molecule has 2 saturated carbocycles. The molecule has 2 aromatic rings. The van der Waals surface area contributed by atoms with Crippen molar-refractivity contribution in [1.29, 1.82) is 0 Å². The van der Waals surface area contributed by atoms with Crippen molar-refractivity contribution in [3.8, 4) is 0 Å². The van der Waals surface area contributed by atoms with Crippen LogP contribution in [0.25, 0.3) is 0 Å². The third kappa shape index (κ3) is 14.7. The summed E-state index contributed by atoms with van der Waals surface area (Å²) in [6, 6.07) is 11.8. The van der Waals surface area contributed by atoms with Gasteiger partial charge in [-0.15, -0.1) is 0 Å². The molecule has 0 unspecified atom stereocenters. The number of amides is 4. The Morgan fingerprint density at radius 2 is 0.861 bits per heavy atom. The predicted molar refractivity (Wildman–Crippen MR) is 284 cm³/mol. The van der Waals surface area contributed by atoms with Gasteiger partial charge in [0, 0.05) is 73.9 Å². The maximum atomic E-state index is 15.8. The summed E-state index contributed by atoms with van der Waals surface area (Å²) in [5, 5.41) is 0. The average molecular weight is 1110 g/mol. The van der Waals surface area contributed by atoms with Gasteiger partial charge in [0.05, 0.1) is 0 Å². The number of hydrogen-bond donors (Lipinski definition) is 0. The second-order valence-electron chi connectivity index (χ2n) is 23.6. The zero-order valence-corrected chi connectivity index (χ0v) is 47.5.